The molecular formula is C18H22N2OS. The number of rotatable bonds is 3. The van der Waals surface area contributed by atoms with Gasteiger partial charge in [-0.1, -0.05) is 19.1 Å². The van der Waals surface area contributed by atoms with Crippen LogP contribution in [0.2, 0.25) is 0 Å². The number of carbonyl (C=O) groups excluding carboxylic acids is 1. The maximum Gasteiger partial charge on any atom is 0.265 e. The molecule has 1 atom stereocenters. The summed E-state index contributed by atoms with van der Waals surface area (Å²) in [6, 6.07) is 9.97. The monoisotopic (exact) mass is 314 g/mol. The fraction of sp³-hybridized carbons (Fsp3) is 0.389. The van der Waals surface area contributed by atoms with Gasteiger partial charge in [-0.2, -0.15) is 0 Å². The van der Waals surface area contributed by atoms with Crippen LogP contribution in [-0.2, 0) is 12.8 Å². The molecule has 0 bridgehead atoms. The zero-order valence-electron chi connectivity index (χ0n) is 13.3. The predicted octanol–water partition coefficient (Wildman–Crippen LogP) is 4.19. The van der Waals surface area contributed by atoms with Gasteiger partial charge >= 0.3 is 0 Å². The molecule has 22 heavy (non-hydrogen) atoms. The van der Waals surface area contributed by atoms with Crippen LogP contribution in [0.3, 0.4) is 0 Å². The van der Waals surface area contributed by atoms with E-state index in [1.165, 1.54) is 16.9 Å². The van der Waals surface area contributed by atoms with E-state index in [2.05, 4.69) is 18.3 Å². The topological polar surface area (TPSA) is 32.3 Å². The molecule has 1 aliphatic carbocycles. The van der Waals surface area contributed by atoms with Gasteiger partial charge < -0.3 is 10.2 Å². The van der Waals surface area contributed by atoms with Crippen LogP contribution in [0.25, 0.3) is 0 Å². The van der Waals surface area contributed by atoms with E-state index >= 15 is 0 Å². The molecule has 1 aromatic heterocycles. The van der Waals surface area contributed by atoms with Crippen LogP contribution in [-0.4, -0.2) is 20.0 Å². The molecule has 1 amide bonds. The van der Waals surface area contributed by atoms with Crippen LogP contribution < -0.4 is 10.2 Å². The van der Waals surface area contributed by atoms with Gasteiger partial charge in [0, 0.05) is 19.0 Å². The van der Waals surface area contributed by atoms with E-state index in [1.54, 1.807) is 11.3 Å². The van der Waals surface area contributed by atoms with E-state index in [0.717, 1.165) is 35.0 Å². The number of amides is 1. The van der Waals surface area contributed by atoms with E-state index in [4.69, 9.17) is 0 Å². The summed E-state index contributed by atoms with van der Waals surface area (Å²) in [5, 5.41) is 3.06. The zero-order chi connectivity index (χ0) is 15.7. The predicted molar refractivity (Wildman–Crippen MR) is 94.2 cm³/mol. The summed E-state index contributed by atoms with van der Waals surface area (Å²) in [4.78, 5) is 16.8. The summed E-state index contributed by atoms with van der Waals surface area (Å²) in [5.41, 5.74) is 3.25. The van der Waals surface area contributed by atoms with Gasteiger partial charge in [-0.25, -0.2) is 0 Å². The van der Waals surface area contributed by atoms with Crippen molar-refractivity contribution in [3.8, 4) is 0 Å². The number of fused-ring (bicyclic) bond motifs is 1. The third-order valence-corrected chi connectivity index (χ3v) is 5.42. The van der Waals surface area contributed by atoms with E-state index in [-0.39, 0.29) is 5.91 Å². The Labute approximate surface area is 136 Å². The Morgan fingerprint density at radius 2 is 2.09 bits per heavy atom. The number of nitrogens with one attached hydrogen (secondary N) is 1. The van der Waals surface area contributed by atoms with Crippen molar-refractivity contribution in [1.82, 2.24) is 0 Å². The average molecular weight is 314 g/mol. The molecule has 0 spiro atoms. The smallest absolute Gasteiger partial charge is 0.265 e. The van der Waals surface area contributed by atoms with Gasteiger partial charge in [-0.05, 0) is 48.9 Å². The first-order chi connectivity index (χ1) is 10.5. The van der Waals surface area contributed by atoms with Gasteiger partial charge in [-0.3, -0.25) is 4.79 Å². The van der Waals surface area contributed by atoms with Gasteiger partial charge in [0.2, 0.25) is 0 Å². The number of aryl methyl sites for hydroxylation is 1. The summed E-state index contributed by atoms with van der Waals surface area (Å²) >= 11 is 1.65. The van der Waals surface area contributed by atoms with Gasteiger partial charge in [0.05, 0.1) is 16.3 Å². The van der Waals surface area contributed by atoms with Crippen LogP contribution in [0.4, 0.5) is 11.4 Å². The van der Waals surface area contributed by atoms with Gasteiger partial charge in [0.15, 0.2) is 0 Å². The fourth-order valence-electron chi connectivity index (χ4n) is 2.97. The maximum absolute atomic E-state index is 12.6. The summed E-state index contributed by atoms with van der Waals surface area (Å²) < 4.78 is 0. The van der Waals surface area contributed by atoms with Crippen molar-refractivity contribution >= 4 is 28.6 Å². The third-order valence-electron chi connectivity index (χ3n) is 4.19. The Hall–Kier alpha value is -1.81. The minimum atomic E-state index is 0.00125. The van der Waals surface area contributed by atoms with Crippen LogP contribution in [0.15, 0.2) is 30.3 Å². The second-order valence-corrected chi connectivity index (χ2v) is 7.41. The van der Waals surface area contributed by atoms with E-state index < -0.39 is 0 Å². The zero-order valence-corrected chi connectivity index (χ0v) is 14.2. The number of hydrogen-bond donors (Lipinski definition) is 1. The average Bonchev–Trinajstić information content (AvgIpc) is 2.90. The molecule has 116 valence electrons. The molecule has 1 heterocycles. The Bertz CT molecular complexity index is 690. The standard InChI is InChI=1S/C18H22N2OS/c1-12-8-9-16-13(10-12)11-17(22-16)18(21)19-14-6-4-5-7-15(14)20(2)3/h4-7,11-12H,8-10H2,1-3H3,(H,19,21). The van der Waals surface area contributed by atoms with E-state index in [0.29, 0.717) is 0 Å². The molecular weight excluding hydrogens is 292 g/mol. The Kier molecular flexibility index (Phi) is 4.21. The molecule has 3 nitrogen and oxygen atoms in total. The highest BCUT2D eigenvalue weighted by molar-refractivity contribution is 7.14. The SMILES string of the molecule is CC1CCc2sc(C(=O)Nc3ccccc3N(C)C)cc2C1. The van der Waals surface area contributed by atoms with Crippen LogP contribution >= 0.6 is 11.3 Å². The number of thiophene rings is 1. The second-order valence-electron chi connectivity index (χ2n) is 6.27. The largest absolute Gasteiger partial charge is 0.376 e. The van der Waals surface area contributed by atoms with E-state index in [1.807, 2.05) is 43.3 Å². The van der Waals surface area contributed by atoms with Gasteiger partial charge in [0.1, 0.15) is 0 Å². The first-order valence-corrected chi connectivity index (χ1v) is 8.55. The molecule has 4 heteroatoms. The van der Waals surface area contributed by atoms with Crippen molar-refractivity contribution in [3.63, 3.8) is 0 Å². The number of para-hydroxylation sites is 2. The van der Waals surface area contributed by atoms with Crippen molar-refractivity contribution in [1.29, 1.82) is 0 Å². The first-order valence-electron chi connectivity index (χ1n) is 7.74. The molecule has 0 saturated heterocycles. The lowest BCUT2D eigenvalue weighted by Crippen LogP contribution is -2.15. The first kappa shape index (κ1) is 15.1. The maximum atomic E-state index is 12.6. The van der Waals surface area contributed by atoms with Crippen molar-refractivity contribution in [3.05, 3.63) is 45.6 Å². The van der Waals surface area contributed by atoms with Crippen LogP contribution in [0, 0.1) is 5.92 Å². The van der Waals surface area contributed by atoms with Crippen molar-refractivity contribution in [2.24, 2.45) is 5.92 Å². The summed E-state index contributed by atoms with van der Waals surface area (Å²) in [5.74, 6) is 0.730. The Morgan fingerprint density at radius 1 is 1.32 bits per heavy atom. The van der Waals surface area contributed by atoms with Crippen LogP contribution in [0.5, 0.6) is 0 Å². The molecule has 2 aromatic rings. The van der Waals surface area contributed by atoms with Crippen molar-refractivity contribution in [2.45, 2.75) is 26.2 Å². The normalized spacial score (nSPS) is 17.0. The highest BCUT2D eigenvalue weighted by Crippen LogP contribution is 2.33. The molecule has 1 aliphatic rings. The second kappa shape index (κ2) is 6.13. The molecule has 1 N–H and O–H groups in total. The van der Waals surface area contributed by atoms with Crippen molar-refractivity contribution in [2.75, 3.05) is 24.3 Å². The molecule has 3 rings (SSSR count). The molecule has 1 unspecified atom stereocenters. The van der Waals surface area contributed by atoms with Gasteiger partial charge in [-0.15, -0.1) is 11.3 Å². The molecule has 0 fully saturated rings. The minimum Gasteiger partial charge on any atom is -0.376 e. The lowest BCUT2D eigenvalue weighted by Gasteiger charge is -2.17. The molecule has 1 aromatic carbocycles. The van der Waals surface area contributed by atoms with Crippen LogP contribution in [0.1, 0.15) is 33.5 Å². The number of nitrogens with zero attached hydrogens (tertiary/aromatic N) is 1. The summed E-state index contributed by atoms with van der Waals surface area (Å²) in [6.45, 7) is 2.29. The molecule has 0 aliphatic heterocycles. The van der Waals surface area contributed by atoms with Gasteiger partial charge in [0.25, 0.3) is 5.91 Å². The lowest BCUT2D eigenvalue weighted by atomic mass is 9.90. The van der Waals surface area contributed by atoms with E-state index in [9.17, 15) is 4.79 Å². The highest BCUT2D eigenvalue weighted by Gasteiger charge is 2.21. The van der Waals surface area contributed by atoms with Crippen molar-refractivity contribution < 1.29 is 4.79 Å². The molecule has 0 radical (unpaired) electrons. The minimum absolute atomic E-state index is 0.00125. The molecule has 0 saturated carbocycles. The summed E-state index contributed by atoms with van der Waals surface area (Å²) in [6.07, 6.45) is 3.45. The highest BCUT2D eigenvalue weighted by atomic mass is 32.1. The Balaban J connectivity index is 1.81. The number of benzene rings is 1. The number of anilines is 2. The summed E-state index contributed by atoms with van der Waals surface area (Å²) in [7, 11) is 3.96. The Morgan fingerprint density at radius 3 is 2.86 bits per heavy atom. The third kappa shape index (κ3) is 3.02. The lowest BCUT2D eigenvalue weighted by molar-refractivity contribution is 0.103. The fourth-order valence-corrected chi connectivity index (χ4v) is 4.07. The quantitative estimate of drug-likeness (QED) is 0.921. The number of hydrogen-bond acceptors (Lipinski definition) is 3. The number of carbonyl (C=O) groups is 1.